The molecule has 0 unspecified atom stereocenters. The number of halogens is 2. The summed E-state index contributed by atoms with van der Waals surface area (Å²) in [7, 11) is 0. The summed E-state index contributed by atoms with van der Waals surface area (Å²) >= 11 is 0. The molecule has 0 atom stereocenters. The highest BCUT2D eigenvalue weighted by molar-refractivity contribution is 5.94. The smallest absolute Gasteiger partial charge is 0.254 e. The fraction of sp³-hybridized carbons (Fsp3) is 0.143. The third-order valence-corrected chi connectivity index (χ3v) is 4.47. The molecule has 4 aromatic rings. The number of carbonyl (C=O) groups is 1. The van der Waals surface area contributed by atoms with Gasteiger partial charge in [0, 0.05) is 19.5 Å². The van der Waals surface area contributed by atoms with Crippen LogP contribution in [0.2, 0.25) is 0 Å². The molecule has 30 heavy (non-hydrogen) atoms. The van der Waals surface area contributed by atoms with E-state index in [-0.39, 0.29) is 17.9 Å². The number of benzene rings is 2. The van der Waals surface area contributed by atoms with Crippen LogP contribution in [0.15, 0.2) is 60.7 Å². The van der Waals surface area contributed by atoms with Gasteiger partial charge in [-0.2, -0.15) is 4.52 Å². The van der Waals surface area contributed by atoms with Crippen molar-refractivity contribution in [3.05, 3.63) is 89.2 Å². The lowest BCUT2D eigenvalue weighted by molar-refractivity contribution is 0.0950. The van der Waals surface area contributed by atoms with Crippen LogP contribution in [0, 0.1) is 11.6 Å². The normalized spacial score (nSPS) is 10.9. The number of fused-ring (bicyclic) bond motifs is 1. The molecule has 0 saturated carbocycles. The number of rotatable bonds is 7. The second-order valence-electron chi connectivity index (χ2n) is 6.57. The van der Waals surface area contributed by atoms with Crippen LogP contribution in [0.4, 0.5) is 14.6 Å². The average Bonchev–Trinajstić information content (AvgIpc) is 3.16. The average molecular weight is 408 g/mol. The Morgan fingerprint density at radius 1 is 0.967 bits per heavy atom. The van der Waals surface area contributed by atoms with Gasteiger partial charge in [-0.1, -0.05) is 24.3 Å². The fourth-order valence-electron chi connectivity index (χ4n) is 2.91. The Kier molecular flexibility index (Phi) is 5.60. The van der Waals surface area contributed by atoms with Crippen molar-refractivity contribution in [2.45, 2.75) is 13.0 Å². The molecule has 0 fully saturated rings. The number of amides is 1. The number of carbonyl (C=O) groups excluding carboxylic acids is 1. The van der Waals surface area contributed by atoms with E-state index in [1.54, 1.807) is 34.8 Å². The Morgan fingerprint density at radius 2 is 1.77 bits per heavy atom. The highest BCUT2D eigenvalue weighted by Crippen LogP contribution is 2.10. The minimum absolute atomic E-state index is 0.00555. The zero-order valence-corrected chi connectivity index (χ0v) is 15.8. The second kappa shape index (κ2) is 8.64. The summed E-state index contributed by atoms with van der Waals surface area (Å²) in [6.07, 6.45) is 0.371. The van der Waals surface area contributed by atoms with E-state index < -0.39 is 11.7 Å². The van der Waals surface area contributed by atoms with Crippen LogP contribution >= 0.6 is 0 Å². The van der Waals surface area contributed by atoms with Crippen molar-refractivity contribution in [1.29, 1.82) is 0 Å². The van der Waals surface area contributed by atoms with Crippen LogP contribution in [0.25, 0.3) is 5.65 Å². The van der Waals surface area contributed by atoms with Crippen LogP contribution in [0.5, 0.6) is 0 Å². The molecule has 152 valence electrons. The standard InChI is InChI=1S/C21H18F2N6O/c22-15-7-5-14(6-8-15)13-25-18-9-10-19-26-27-20(29(19)28-18)11-12-24-21(30)16-3-1-2-4-17(16)23/h1-10H,11-13H2,(H,24,30)(H,25,28). The van der Waals surface area contributed by atoms with Gasteiger partial charge in [-0.3, -0.25) is 4.79 Å². The quantitative estimate of drug-likeness (QED) is 0.491. The zero-order valence-electron chi connectivity index (χ0n) is 15.8. The summed E-state index contributed by atoms with van der Waals surface area (Å²) in [5.74, 6) is -0.181. The van der Waals surface area contributed by atoms with Gasteiger partial charge in [0.2, 0.25) is 0 Å². The van der Waals surface area contributed by atoms with Crippen molar-refractivity contribution in [1.82, 2.24) is 25.1 Å². The monoisotopic (exact) mass is 408 g/mol. The van der Waals surface area contributed by atoms with Crippen LogP contribution in [0.1, 0.15) is 21.7 Å². The van der Waals surface area contributed by atoms with E-state index in [0.717, 1.165) is 5.56 Å². The summed E-state index contributed by atoms with van der Waals surface area (Å²) < 4.78 is 28.3. The first-order valence-electron chi connectivity index (χ1n) is 9.32. The molecule has 0 aliphatic rings. The van der Waals surface area contributed by atoms with Gasteiger partial charge >= 0.3 is 0 Å². The van der Waals surface area contributed by atoms with E-state index in [4.69, 9.17) is 0 Å². The highest BCUT2D eigenvalue weighted by atomic mass is 19.1. The molecule has 0 aliphatic heterocycles. The molecule has 0 aliphatic carbocycles. The maximum Gasteiger partial charge on any atom is 0.254 e. The Hall–Kier alpha value is -3.88. The second-order valence-corrected chi connectivity index (χ2v) is 6.57. The molecule has 2 heterocycles. The third kappa shape index (κ3) is 4.40. The van der Waals surface area contributed by atoms with Gasteiger partial charge in [0.1, 0.15) is 17.5 Å². The van der Waals surface area contributed by atoms with Gasteiger partial charge in [0.25, 0.3) is 5.91 Å². The molecular weight excluding hydrogens is 390 g/mol. The number of hydrogen-bond donors (Lipinski definition) is 2. The third-order valence-electron chi connectivity index (χ3n) is 4.47. The number of anilines is 1. The zero-order chi connectivity index (χ0) is 20.9. The van der Waals surface area contributed by atoms with Crippen LogP contribution in [-0.4, -0.2) is 32.3 Å². The van der Waals surface area contributed by atoms with E-state index in [1.165, 1.54) is 30.3 Å². The van der Waals surface area contributed by atoms with Gasteiger partial charge < -0.3 is 10.6 Å². The number of hydrogen-bond acceptors (Lipinski definition) is 5. The SMILES string of the molecule is O=C(NCCc1nnc2ccc(NCc3ccc(F)cc3)nn12)c1ccccc1F. The summed E-state index contributed by atoms with van der Waals surface area (Å²) in [5.41, 5.74) is 1.48. The Balaban J connectivity index is 1.39. The maximum atomic E-state index is 13.7. The highest BCUT2D eigenvalue weighted by Gasteiger charge is 2.12. The minimum atomic E-state index is -0.568. The molecule has 0 spiro atoms. The first-order valence-corrected chi connectivity index (χ1v) is 9.32. The van der Waals surface area contributed by atoms with Crippen molar-refractivity contribution in [3.63, 3.8) is 0 Å². The first-order chi connectivity index (χ1) is 14.6. The van der Waals surface area contributed by atoms with Crippen molar-refractivity contribution in [3.8, 4) is 0 Å². The van der Waals surface area contributed by atoms with Gasteiger partial charge in [-0.15, -0.1) is 15.3 Å². The van der Waals surface area contributed by atoms with Gasteiger partial charge in [-0.05, 0) is 42.0 Å². The lowest BCUT2D eigenvalue weighted by Gasteiger charge is -2.07. The predicted molar refractivity (Wildman–Crippen MR) is 107 cm³/mol. The molecule has 1 amide bonds. The summed E-state index contributed by atoms with van der Waals surface area (Å²) in [6.45, 7) is 0.734. The van der Waals surface area contributed by atoms with Crippen LogP contribution in [0.3, 0.4) is 0 Å². The van der Waals surface area contributed by atoms with Gasteiger partial charge in [0.15, 0.2) is 11.5 Å². The Morgan fingerprint density at radius 3 is 2.57 bits per heavy atom. The molecule has 0 radical (unpaired) electrons. The lowest BCUT2D eigenvalue weighted by Crippen LogP contribution is -2.27. The molecule has 2 N–H and O–H groups in total. The van der Waals surface area contributed by atoms with Crippen molar-refractivity contribution >= 4 is 17.4 Å². The van der Waals surface area contributed by atoms with E-state index in [2.05, 4.69) is 25.9 Å². The molecule has 2 aromatic heterocycles. The fourth-order valence-corrected chi connectivity index (χ4v) is 2.91. The van der Waals surface area contributed by atoms with E-state index >= 15 is 0 Å². The van der Waals surface area contributed by atoms with Crippen LogP contribution < -0.4 is 10.6 Å². The summed E-state index contributed by atoms with van der Waals surface area (Å²) in [5, 5.41) is 18.5. The van der Waals surface area contributed by atoms with Gasteiger partial charge in [-0.25, -0.2) is 8.78 Å². The maximum absolute atomic E-state index is 13.7. The molecule has 0 saturated heterocycles. The molecule has 7 nitrogen and oxygen atoms in total. The first kappa shape index (κ1) is 19.4. The lowest BCUT2D eigenvalue weighted by atomic mass is 10.2. The van der Waals surface area contributed by atoms with Crippen molar-refractivity contribution in [2.24, 2.45) is 0 Å². The summed E-state index contributed by atoms with van der Waals surface area (Å²) in [4.78, 5) is 12.1. The Bertz CT molecular complexity index is 1180. The van der Waals surface area contributed by atoms with Crippen LogP contribution in [-0.2, 0) is 13.0 Å². The predicted octanol–water partition coefficient (Wildman–Crippen LogP) is 2.99. The van der Waals surface area contributed by atoms with E-state index in [1.807, 2.05) is 0 Å². The van der Waals surface area contributed by atoms with Crippen molar-refractivity contribution in [2.75, 3.05) is 11.9 Å². The van der Waals surface area contributed by atoms with Gasteiger partial charge in [0.05, 0.1) is 5.56 Å². The largest absolute Gasteiger partial charge is 0.365 e. The number of nitrogens with zero attached hydrogens (tertiary/aromatic N) is 4. The molecule has 2 aromatic carbocycles. The number of nitrogens with one attached hydrogen (secondary N) is 2. The van der Waals surface area contributed by atoms with Crippen molar-refractivity contribution < 1.29 is 13.6 Å². The topological polar surface area (TPSA) is 84.2 Å². The van der Waals surface area contributed by atoms with E-state index in [9.17, 15) is 13.6 Å². The Labute approximate surface area is 170 Å². The minimum Gasteiger partial charge on any atom is -0.365 e. The molecule has 0 bridgehead atoms. The van der Waals surface area contributed by atoms with E-state index in [0.29, 0.717) is 30.3 Å². The molecule has 9 heteroatoms. The summed E-state index contributed by atoms with van der Waals surface area (Å²) in [6, 6.07) is 15.6. The molecule has 4 rings (SSSR count). The molecular formula is C21H18F2N6O. The number of aromatic nitrogens is 4.